The van der Waals surface area contributed by atoms with Gasteiger partial charge in [-0.3, -0.25) is 0 Å². The molecule has 0 amide bonds. The summed E-state index contributed by atoms with van der Waals surface area (Å²) in [5.41, 5.74) is 2.69. The molecule has 0 bridgehead atoms. The predicted molar refractivity (Wildman–Crippen MR) is 52.3 cm³/mol. The lowest BCUT2D eigenvalue weighted by Crippen LogP contribution is -1.96. The number of aryl methyl sites for hydroxylation is 1. The minimum Gasteiger partial charge on any atom is -0.478 e. The Labute approximate surface area is 80.6 Å². The fourth-order valence-corrected chi connectivity index (χ4v) is 1.53. The maximum atomic E-state index is 10.9. The van der Waals surface area contributed by atoms with Crippen LogP contribution < -0.4 is 0 Å². The zero-order valence-corrected chi connectivity index (χ0v) is 7.66. The van der Waals surface area contributed by atoms with Gasteiger partial charge < -0.3 is 15.1 Å². The number of carboxylic acid groups (broad SMARTS) is 1. The van der Waals surface area contributed by atoms with Crippen molar-refractivity contribution in [1.29, 1.82) is 0 Å². The first-order valence-corrected chi connectivity index (χ1v) is 4.25. The molecule has 2 aromatic rings. The molecule has 0 aromatic carbocycles. The summed E-state index contributed by atoms with van der Waals surface area (Å²) in [5, 5.41) is 8.94. The van der Waals surface area contributed by atoms with Crippen LogP contribution in [0.1, 0.15) is 16.1 Å². The van der Waals surface area contributed by atoms with Crippen LogP contribution in [0.25, 0.3) is 11.3 Å². The van der Waals surface area contributed by atoms with Gasteiger partial charge in [0.25, 0.3) is 0 Å². The van der Waals surface area contributed by atoms with Crippen molar-refractivity contribution in [2.75, 3.05) is 0 Å². The largest absolute Gasteiger partial charge is 0.478 e. The zero-order chi connectivity index (χ0) is 10.1. The predicted octanol–water partition coefficient (Wildman–Crippen LogP) is 2.02. The lowest BCUT2D eigenvalue weighted by Gasteiger charge is -1.98. The number of aromatic nitrogens is 2. The van der Waals surface area contributed by atoms with Crippen molar-refractivity contribution in [1.82, 2.24) is 9.97 Å². The standard InChI is InChI=1S/C10H10N2O2/c1-6-9(8-3-2-4-11-8)7(5-12-6)10(13)14/h2-5,11-12H,1H3,(H,13,14). The maximum Gasteiger partial charge on any atom is 0.337 e. The molecule has 2 heterocycles. The molecule has 4 nitrogen and oxygen atoms in total. The Balaban J connectivity index is 2.62. The highest BCUT2D eigenvalue weighted by atomic mass is 16.4. The van der Waals surface area contributed by atoms with Crippen molar-refractivity contribution >= 4 is 5.97 Å². The van der Waals surface area contributed by atoms with Gasteiger partial charge in [0, 0.05) is 29.3 Å². The van der Waals surface area contributed by atoms with Gasteiger partial charge in [-0.2, -0.15) is 0 Å². The number of hydrogen-bond acceptors (Lipinski definition) is 1. The van der Waals surface area contributed by atoms with Gasteiger partial charge in [0.05, 0.1) is 5.56 Å². The van der Waals surface area contributed by atoms with E-state index in [0.29, 0.717) is 5.56 Å². The Hall–Kier alpha value is -1.97. The van der Waals surface area contributed by atoms with Gasteiger partial charge in [-0.05, 0) is 19.1 Å². The third kappa shape index (κ3) is 1.21. The van der Waals surface area contributed by atoms with Crippen LogP contribution in [0.5, 0.6) is 0 Å². The van der Waals surface area contributed by atoms with Gasteiger partial charge >= 0.3 is 5.97 Å². The van der Waals surface area contributed by atoms with Gasteiger partial charge in [0.15, 0.2) is 0 Å². The quantitative estimate of drug-likeness (QED) is 0.678. The average molecular weight is 190 g/mol. The van der Waals surface area contributed by atoms with Gasteiger partial charge in [0.2, 0.25) is 0 Å². The molecular formula is C10H10N2O2. The van der Waals surface area contributed by atoms with Crippen LogP contribution in [-0.2, 0) is 0 Å². The number of carbonyl (C=O) groups is 1. The van der Waals surface area contributed by atoms with E-state index in [-0.39, 0.29) is 0 Å². The minimum absolute atomic E-state index is 0.296. The first-order valence-electron chi connectivity index (χ1n) is 4.25. The molecule has 0 saturated carbocycles. The van der Waals surface area contributed by atoms with E-state index in [1.165, 1.54) is 6.20 Å². The van der Waals surface area contributed by atoms with Gasteiger partial charge in [-0.25, -0.2) is 4.79 Å². The van der Waals surface area contributed by atoms with E-state index < -0.39 is 5.97 Å². The van der Waals surface area contributed by atoms with Gasteiger partial charge in [0.1, 0.15) is 0 Å². The number of nitrogens with one attached hydrogen (secondary N) is 2. The summed E-state index contributed by atoms with van der Waals surface area (Å²) >= 11 is 0. The lowest BCUT2D eigenvalue weighted by molar-refractivity contribution is 0.0698. The Morgan fingerprint density at radius 2 is 2.21 bits per heavy atom. The number of rotatable bonds is 2. The third-order valence-electron chi connectivity index (χ3n) is 2.18. The van der Waals surface area contributed by atoms with Crippen LogP contribution in [0.3, 0.4) is 0 Å². The van der Waals surface area contributed by atoms with E-state index in [1.807, 2.05) is 19.1 Å². The molecule has 0 aliphatic carbocycles. The minimum atomic E-state index is -0.918. The maximum absolute atomic E-state index is 10.9. The number of H-pyrrole nitrogens is 2. The molecule has 0 saturated heterocycles. The molecule has 0 spiro atoms. The molecule has 0 fully saturated rings. The Morgan fingerprint density at radius 3 is 2.79 bits per heavy atom. The first-order chi connectivity index (χ1) is 6.70. The van der Waals surface area contributed by atoms with Crippen LogP contribution in [0.2, 0.25) is 0 Å². The molecule has 14 heavy (non-hydrogen) atoms. The van der Waals surface area contributed by atoms with Crippen molar-refractivity contribution in [2.45, 2.75) is 6.92 Å². The summed E-state index contributed by atoms with van der Waals surface area (Å²) in [6.07, 6.45) is 3.28. The lowest BCUT2D eigenvalue weighted by atomic mass is 10.1. The Bertz CT molecular complexity index is 454. The normalized spacial score (nSPS) is 10.4. The van der Waals surface area contributed by atoms with E-state index in [1.54, 1.807) is 6.20 Å². The van der Waals surface area contributed by atoms with E-state index in [9.17, 15) is 4.79 Å². The van der Waals surface area contributed by atoms with Crippen LogP contribution >= 0.6 is 0 Å². The van der Waals surface area contributed by atoms with Crippen LogP contribution in [0.15, 0.2) is 24.5 Å². The summed E-state index contributed by atoms with van der Waals surface area (Å²) in [5.74, 6) is -0.918. The molecule has 72 valence electrons. The summed E-state index contributed by atoms with van der Waals surface area (Å²) < 4.78 is 0. The Morgan fingerprint density at radius 1 is 1.43 bits per heavy atom. The van der Waals surface area contributed by atoms with Crippen molar-refractivity contribution in [3.05, 3.63) is 35.8 Å². The van der Waals surface area contributed by atoms with Crippen molar-refractivity contribution < 1.29 is 9.90 Å². The highest BCUT2D eigenvalue weighted by molar-refractivity contribution is 5.96. The molecule has 0 atom stereocenters. The average Bonchev–Trinajstić information content (AvgIpc) is 2.71. The monoisotopic (exact) mass is 190 g/mol. The second-order valence-corrected chi connectivity index (χ2v) is 3.09. The molecule has 4 heteroatoms. The fourth-order valence-electron chi connectivity index (χ4n) is 1.53. The first kappa shape index (κ1) is 8.62. The van der Waals surface area contributed by atoms with Crippen LogP contribution in [-0.4, -0.2) is 21.0 Å². The highest BCUT2D eigenvalue weighted by Crippen LogP contribution is 2.25. The van der Waals surface area contributed by atoms with E-state index in [0.717, 1.165) is 17.0 Å². The molecule has 0 aliphatic rings. The summed E-state index contributed by atoms with van der Waals surface area (Å²) in [6.45, 7) is 1.85. The number of carboxylic acids is 1. The van der Waals surface area contributed by atoms with Crippen LogP contribution in [0, 0.1) is 6.92 Å². The fraction of sp³-hybridized carbons (Fsp3) is 0.100. The smallest absolute Gasteiger partial charge is 0.337 e. The summed E-state index contributed by atoms with van der Waals surface area (Å²) in [4.78, 5) is 16.8. The van der Waals surface area contributed by atoms with Crippen molar-refractivity contribution in [3.8, 4) is 11.3 Å². The third-order valence-corrected chi connectivity index (χ3v) is 2.18. The van der Waals surface area contributed by atoms with Gasteiger partial charge in [-0.1, -0.05) is 0 Å². The topological polar surface area (TPSA) is 68.9 Å². The zero-order valence-electron chi connectivity index (χ0n) is 7.66. The van der Waals surface area contributed by atoms with E-state index in [4.69, 9.17) is 5.11 Å². The van der Waals surface area contributed by atoms with Gasteiger partial charge in [-0.15, -0.1) is 0 Å². The van der Waals surface area contributed by atoms with Crippen molar-refractivity contribution in [3.63, 3.8) is 0 Å². The van der Waals surface area contributed by atoms with E-state index in [2.05, 4.69) is 9.97 Å². The second-order valence-electron chi connectivity index (χ2n) is 3.09. The highest BCUT2D eigenvalue weighted by Gasteiger charge is 2.15. The molecule has 2 aromatic heterocycles. The second kappa shape index (κ2) is 3.06. The number of aromatic carboxylic acids is 1. The van der Waals surface area contributed by atoms with E-state index >= 15 is 0 Å². The summed E-state index contributed by atoms with van der Waals surface area (Å²) in [6, 6.07) is 3.69. The molecule has 3 N–H and O–H groups in total. The molecular weight excluding hydrogens is 180 g/mol. The molecule has 2 rings (SSSR count). The molecule has 0 aliphatic heterocycles. The number of hydrogen-bond donors (Lipinski definition) is 3. The van der Waals surface area contributed by atoms with Crippen LogP contribution in [0.4, 0.5) is 0 Å². The Kier molecular flexibility index (Phi) is 1.89. The molecule has 0 unspecified atom stereocenters. The SMILES string of the molecule is Cc1[nH]cc(C(=O)O)c1-c1ccc[nH]1. The van der Waals surface area contributed by atoms with Crippen molar-refractivity contribution in [2.24, 2.45) is 0 Å². The molecule has 0 radical (unpaired) electrons. The summed E-state index contributed by atoms with van der Waals surface area (Å²) in [7, 11) is 0. The number of aromatic amines is 2.